The van der Waals surface area contributed by atoms with Gasteiger partial charge in [-0.05, 0) is 22.0 Å². The lowest BCUT2D eigenvalue weighted by molar-refractivity contribution is 1.06. The minimum absolute atomic E-state index is 0.182. The summed E-state index contributed by atoms with van der Waals surface area (Å²) in [5.74, 6) is 0. The molecule has 0 bridgehead atoms. The van der Waals surface area contributed by atoms with Gasteiger partial charge >= 0.3 is 0 Å². The summed E-state index contributed by atoms with van der Waals surface area (Å²) >= 11 is 3.21. The van der Waals surface area contributed by atoms with Crippen molar-refractivity contribution in [2.24, 2.45) is 0 Å². The van der Waals surface area contributed by atoms with E-state index in [2.05, 4.69) is 20.9 Å². The maximum absolute atomic E-state index is 10.7. The van der Waals surface area contributed by atoms with Gasteiger partial charge < -0.3 is 4.98 Å². The van der Waals surface area contributed by atoms with Gasteiger partial charge in [-0.15, -0.1) is 0 Å². The number of halogens is 1. The Morgan fingerprint density at radius 1 is 1.64 bits per heavy atom. The zero-order valence-corrected chi connectivity index (χ0v) is 7.18. The molecule has 11 heavy (non-hydrogen) atoms. The molecule has 3 nitrogen and oxygen atoms in total. The second kappa shape index (κ2) is 3.35. The lowest BCUT2D eigenvalue weighted by atomic mass is 10.3. The number of nitrogens with zero attached hydrogens (tertiary/aromatic N) is 1. The van der Waals surface area contributed by atoms with Crippen molar-refractivity contribution in [2.45, 2.75) is 6.42 Å². The smallest absolute Gasteiger partial charge is 0.248 e. The second-order valence-corrected chi connectivity index (χ2v) is 2.84. The highest BCUT2D eigenvalue weighted by atomic mass is 79.9. The molecule has 0 saturated carbocycles. The van der Waals surface area contributed by atoms with E-state index in [0.29, 0.717) is 5.69 Å². The van der Waals surface area contributed by atoms with Crippen molar-refractivity contribution in [3.05, 3.63) is 32.7 Å². The molecule has 56 valence electrons. The van der Waals surface area contributed by atoms with Crippen molar-refractivity contribution in [1.82, 2.24) is 4.98 Å². The highest BCUT2D eigenvalue weighted by Gasteiger charge is 1.97. The zero-order valence-electron chi connectivity index (χ0n) is 5.60. The highest BCUT2D eigenvalue weighted by Crippen LogP contribution is 2.11. The van der Waals surface area contributed by atoms with E-state index in [9.17, 15) is 4.79 Å². The number of H-pyrrole nitrogens is 1. The van der Waals surface area contributed by atoms with Crippen molar-refractivity contribution < 1.29 is 0 Å². The van der Waals surface area contributed by atoms with Crippen LogP contribution in [-0.2, 0) is 6.42 Å². The summed E-state index contributed by atoms with van der Waals surface area (Å²) in [5, 5.41) is 8.34. The lowest BCUT2D eigenvalue weighted by Crippen LogP contribution is -2.06. The Balaban J connectivity index is 3.15. The van der Waals surface area contributed by atoms with E-state index < -0.39 is 0 Å². The number of aromatic amines is 1. The van der Waals surface area contributed by atoms with Crippen LogP contribution in [0.3, 0.4) is 0 Å². The predicted molar refractivity (Wildman–Crippen MR) is 44.1 cm³/mol. The lowest BCUT2D eigenvalue weighted by Gasteiger charge is -1.95. The maximum Gasteiger partial charge on any atom is 0.248 e. The molecule has 1 aromatic heterocycles. The van der Waals surface area contributed by atoms with E-state index >= 15 is 0 Å². The predicted octanol–water partition coefficient (Wildman–Crippen LogP) is 1.20. The first kappa shape index (κ1) is 8.02. The fraction of sp³-hybridized carbons (Fsp3) is 0.143. The van der Waals surface area contributed by atoms with E-state index in [-0.39, 0.29) is 12.0 Å². The summed E-state index contributed by atoms with van der Waals surface area (Å²) in [7, 11) is 0. The Hall–Kier alpha value is -1.08. The number of nitrogens with one attached hydrogen (secondary N) is 1. The number of aromatic nitrogens is 1. The fourth-order valence-electron chi connectivity index (χ4n) is 0.707. The van der Waals surface area contributed by atoms with Crippen LogP contribution < -0.4 is 5.56 Å². The second-order valence-electron chi connectivity index (χ2n) is 1.98. The normalized spacial score (nSPS) is 9.09. The summed E-state index contributed by atoms with van der Waals surface area (Å²) in [6, 6.07) is 4.99. The molecular weight excluding hydrogens is 208 g/mol. The average molecular weight is 213 g/mol. The summed E-state index contributed by atoms with van der Waals surface area (Å²) in [6.45, 7) is 0. The van der Waals surface area contributed by atoms with Gasteiger partial charge in [0.05, 0.1) is 12.5 Å². The van der Waals surface area contributed by atoms with Crippen molar-refractivity contribution in [3.8, 4) is 6.07 Å². The molecule has 0 aliphatic carbocycles. The molecule has 0 aromatic carbocycles. The molecule has 0 spiro atoms. The van der Waals surface area contributed by atoms with E-state index in [4.69, 9.17) is 5.26 Å². The van der Waals surface area contributed by atoms with Gasteiger partial charge in [-0.3, -0.25) is 4.79 Å². The Bertz CT molecular complexity index is 350. The molecular formula is C7H5BrN2O. The molecule has 0 aliphatic heterocycles. The van der Waals surface area contributed by atoms with Crippen LogP contribution in [0.5, 0.6) is 0 Å². The molecule has 1 heterocycles. The largest absolute Gasteiger partial charge is 0.324 e. The Morgan fingerprint density at radius 3 is 3.00 bits per heavy atom. The van der Waals surface area contributed by atoms with Crippen molar-refractivity contribution in [3.63, 3.8) is 0 Å². The molecule has 0 aliphatic rings. The van der Waals surface area contributed by atoms with E-state index in [0.717, 1.165) is 4.47 Å². The molecule has 0 amide bonds. The third-order valence-electron chi connectivity index (χ3n) is 1.20. The summed E-state index contributed by atoms with van der Waals surface area (Å²) in [5.41, 5.74) is 0.443. The molecule has 0 radical (unpaired) electrons. The first-order chi connectivity index (χ1) is 5.24. The Kier molecular flexibility index (Phi) is 2.44. The van der Waals surface area contributed by atoms with Gasteiger partial charge in [-0.25, -0.2) is 0 Å². The van der Waals surface area contributed by atoms with Crippen molar-refractivity contribution >= 4 is 15.9 Å². The van der Waals surface area contributed by atoms with Crippen LogP contribution in [0.25, 0.3) is 0 Å². The standard InChI is InChI=1S/C7H5BrN2O/c8-5-1-2-7(11)10-6(5)3-4-9/h1-2H,3H2,(H,10,11). The van der Waals surface area contributed by atoms with Crippen molar-refractivity contribution in [2.75, 3.05) is 0 Å². The van der Waals surface area contributed by atoms with Crippen LogP contribution >= 0.6 is 15.9 Å². The Morgan fingerprint density at radius 2 is 2.36 bits per heavy atom. The van der Waals surface area contributed by atoms with Crippen LogP contribution in [0.1, 0.15) is 5.69 Å². The van der Waals surface area contributed by atoms with Gasteiger partial charge in [-0.2, -0.15) is 5.26 Å². The number of hydrogen-bond acceptors (Lipinski definition) is 2. The fourth-order valence-corrected chi connectivity index (χ4v) is 1.08. The van der Waals surface area contributed by atoms with E-state index in [1.807, 2.05) is 6.07 Å². The quantitative estimate of drug-likeness (QED) is 0.761. The third-order valence-corrected chi connectivity index (χ3v) is 1.94. The molecule has 1 rings (SSSR count). The molecule has 0 fully saturated rings. The topological polar surface area (TPSA) is 56.6 Å². The molecule has 0 atom stereocenters. The summed E-state index contributed by atoms with van der Waals surface area (Å²) < 4.78 is 0.763. The number of rotatable bonds is 1. The average Bonchev–Trinajstić information content (AvgIpc) is 1.98. The summed E-state index contributed by atoms with van der Waals surface area (Å²) in [4.78, 5) is 13.3. The van der Waals surface area contributed by atoms with Crippen LogP contribution in [0.2, 0.25) is 0 Å². The van der Waals surface area contributed by atoms with Gasteiger partial charge in [0.2, 0.25) is 5.56 Å². The van der Waals surface area contributed by atoms with Crippen LogP contribution in [0, 0.1) is 11.3 Å². The maximum atomic E-state index is 10.7. The molecule has 1 N–H and O–H groups in total. The number of hydrogen-bond donors (Lipinski definition) is 1. The van der Waals surface area contributed by atoms with Crippen molar-refractivity contribution in [1.29, 1.82) is 5.26 Å². The minimum Gasteiger partial charge on any atom is -0.324 e. The van der Waals surface area contributed by atoms with Gasteiger partial charge in [0.15, 0.2) is 0 Å². The van der Waals surface area contributed by atoms with Gasteiger partial charge in [-0.1, -0.05) is 0 Å². The zero-order chi connectivity index (χ0) is 8.27. The molecule has 1 aromatic rings. The van der Waals surface area contributed by atoms with Gasteiger partial charge in [0.25, 0.3) is 0 Å². The molecule has 0 unspecified atom stereocenters. The monoisotopic (exact) mass is 212 g/mol. The third kappa shape index (κ3) is 1.92. The van der Waals surface area contributed by atoms with Crippen LogP contribution in [-0.4, -0.2) is 4.98 Å². The summed E-state index contributed by atoms with van der Waals surface area (Å²) in [6.07, 6.45) is 0.219. The highest BCUT2D eigenvalue weighted by molar-refractivity contribution is 9.10. The van der Waals surface area contributed by atoms with Crippen LogP contribution in [0.15, 0.2) is 21.4 Å². The van der Waals surface area contributed by atoms with Gasteiger partial charge in [0.1, 0.15) is 0 Å². The first-order valence-electron chi connectivity index (χ1n) is 2.98. The minimum atomic E-state index is -0.182. The Labute approximate surface area is 71.8 Å². The number of pyridine rings is 1. The number of nitriles is 1. The SMILES string of the molecule is N#CCc1[nH]c(=O)ccc1Br. The van der Waals surface area contributed by atoms with Crippen LogP contribution in [0.4, 0.5) is 0 Å². The van der Waals surface area contributed by atoms with E-state index in [1.54, 1.807) is 6.07 Å². The van der Waals surface area contributed by atoms with Gasteiger partial charge in [0, 0.05) is 16.2 Å². The van der Waals surface area contributed by atoms with E-state index in [1.165, 1.54) is 6.07 Å². The molecule has 0 saturated heterocycles. The molecule has 4 heteroatoms. The first-order valence-corrected chi connectivity index (χ1v) is 3.78.